The predicted octanol–water partition coefficient (Wildman–Crippen LogP) is 2.78. The monoisotopic (exact) mass is 324 g/mol. The molecule has 1 N–H and O–H groups in total. The van der Waals surface area contributed by atoms with E-state index < -0.39 is 6.04 Å². The van der Waals surface area contributed by atoms with Crippen molar-refractivity contribution in [3.63, 3.8) is 0 Å². The van der Waals surface area contributed by atoms with Gasteiger partial charge in [0, 0.05) is 13.6 Å². The molecule has 0 aliphatic heterocycles. The predicted molar refractivity (Wildman–Crippen MR) is 95.3 cm³/mol. The fourth-order valence-corrected chi connectivity index (χ4v) is 2.74. The van der Waals surface area contributed by atoms with Gasteiger partial charge in [0.2, 0.25) is 11.8 Å². The highest BCUT2D eigenvalue weighted by atomic mass is 16.2. The fraction of sp³-hybridized carbons (Fsp3) is 0.300. The average Bonchev–Trinajstić information content (AvgIpc) is 2.63. The zero-order valence-corrected chi connectivity index (χ0v) is 14.2. The van der Waals surface area contributed by atoms with Crippen molar-refractivity contribution in [1.82, 2.24) is 10.2 Å². The quantitative estimate of drug-likeness (QED) is 0.851. The summed E-state index contributed by atoms with van der Waals surface area (Å²) in [6.45, 7) is 2.35. The number of benzene rings is 2. The first-order valence-electron chi connectivity index (χ1n) is 8.24. The summed E-state index contributed by atoms with van der Waals surface area (Å²) in [4.78, 5) is 26.8. The minimum absolute atomic E-state index is 0.0412. The standard InChI is InChI=1S/C20H24N2O2/c1-3-18(20(24)21-2)22(15-17-12-8-5-9-13-17)19(23)14-16-10-6-4-7-11-16/h4-13,18H,3,14-15H2,1-2H3,(H,21,24)/t18-/m1/s1. The third-order valence-corrected chi connectivity index (χ3v) is 4.03. The van der Waals surface area contributed by atoms with E-state index in [-0.39, 0.29) is 11.8 Å². The Morgan fingerprint density at radius 1 is 0.958 bits per heavy atom. The van der Waals surface area contributed by atoms with Gasteiger partial charge in [0.1, 0.15) is 6.04 Å². The van der Waals surface area contributed by atoms with Crippen molar-refractivity contribution in [2.24, 2.45) is 0 Å². The number of carbonyl (C=O) groups excluding carboxylic acids is 2. The highest BCUT2D eigenvalue weighted by Crippen LogP contribution is 2.14. The second-order valence-electron chi connectivity index (χ2n) is 5.71. The van der Waals surface area contributed by atoms with E-state index in [1.807, 2.05) is 67.6 Å². The van der Waals surface area contributed by atoms with Crippen LogP contribution in [0.25, 0.3) is 0 Å². The van der Waals surface area contributed by atoms with Crippen LogP contribution in [0.3, 0.4) is 0 Å². The summed E-state index contributed by atoms with van der Waals surface area (Å²) < 4.78 is 0. The normalized spacial score (nSPS) is 11.6. The molecule has 0 heterocycles. The third kappa shape index (κ3) is 4.69. The molecule has 0 aromatic heterocycles. The number of carbonyl (C=O) groups is 2. The molecule has 0 aliphatic carbocycles. The van der Waals surface area contributed by atoms with Crippen molar-refractivity contribution in [1.29, 1.82) is 0 Å². The molecule has 2 aromatic carbocycles. The summed E-state index contributed by atoms with van der Waals surface area (Å²) in [5, 5.41) is 2.67. The Bertz CT molecular complexity index is 656. The van der Waals surface area contributed by atoms with Crippen molar-refractivity contribution >= 4 is 11.8 Å². The molecule has 2 amide bonds. The van der Waals surface area contributed by atoms with Gasteiger partial charge in [-0.15, -0.1) is 0 Å². The number of nitrogens with zero attached hydrogens (tertiary/aromatic N) is 1. The van der Waals surface area contributed by atoms with E-state index >= 15 is 0 Å². The maximum absolute atomic E-state index is 12.9. The Morgan fingerprint density at radius 2 is 1.50 bits per heavy atom. The fourth-order valence-electron chi connectivity index (χ4n) is 2.74. The van der Waals surface area contributed by atoms with E-state index in [1.165, 1.54) is 0 Å². The Kier molecular flexibility index (Phi) is 6.55. The van der Waals surface area contributed by atoms with E-state index in [4.69, 9.17) is 0 Å². The van der Waals surface area contributed by atoms with Gasteiger partial charge in [-0.2, -0.15) is 0 Å². The maximum atomic E-state index is 12.9. The van der Waals surface area contributed by atoms with E-state index in [2.05, 4.69) is 5.32 Å². The van der Waals surface area contributed by atoms with E-state index in [0.29, 0.717) is 19.4 Å². The molecule has 0 saturated carbocycles. The smallest absolute Gasteiger partial charge is 0.242 e. The van der Waals surface area contributed by atoms with Gasteiger partial charge in [0.05, 0.1) is 6.42 Å². The van der Waals surface area contributed by atoms with Gasteiger partial charge >= 0.3 is 0 Å². The first-order chi connectivity index (χ1) is 11.7. The summed E-state index contributed by atoms with van der Waals surface area (Å²) >= 11 is 0. The summed E-state index contributed by atoms with van der Waals surface area (Å²) in [5.41, 5.74) is 1.97. The summed E-state index contributed by atoms with van der Waals surface area (Å²) in [6, 6.07) is 18.9. The molecule has 4 heteroatoms. The number of amides is 2. The van der Waals surface area contributed by atoms with Gasteiger partial charge in [-0.25, -0.2) is 0 Å². The lowest BCUT2D eigenvalue weighted by Gasteiger charge is -2.30. The van der Waals surface area contributed by atoms with E-state index in [0.717, 1.165) is 11.1 Å². The number of hydrogen-bond acceptors (Lipinski definition) is 2. The number of rotatable bonds is 7. The van der Waals surface area contributed by atoms with Gasteiger partial charge in [0.15, 0.2) is 0 Å². The molecule has 0 fully saturated rings. The third-order valence-electron chi connectivity index (χ3n) is 4.03. The molecule has 0 bridgehead atoms. The average molecular weight is 324 g/mol. The van der Waals surface area contributed by atoms with E-state index in [9.17, 15) is 9.59 Å². The zero-order chi connectivity index (χ0) is 17.4. The first kappa shape index (κ1) is 17.7. The van der Waals surface area contributed by atoms with Crippen LogP contribution in [0.2, 0.25) is 0 Å². The van der Waals surface area contributed by atoms with Gasteiger partial charge in [-0.05, 0) is 17.5 Å². The Balaban J connectivity index is 2.23. The molecule has 0 aliphatic rings. The van der Waals surface area contributed by atoms with Crippen LogP contribution >= 0.6 is 0 Å². The minimum atomic E-state index is -0.466. The van der Waals surface area contributed by atoms with Crippen molar-refractivity contribution in [3.05, 3.63) is 71.8 Å². The van der Waals surface area contributed by atoms with Crippen LogP contribution in [-0.2, 0) is 22.6 Å². The van der Waals surface area contributed by atoms with Gasteiger partial charge in [-0.1, -0.05) is 67.6 Å². The molecular weight excluding hydrogens is 300 g/mol. The first-order valence-corrected chi connectivity index (χ1v) is 8.24. The summed E-state index contributed by atoms with van der Waals surface area (Å²) in [5.74, 6) is -0.171. The second kappa shape index (κ2) is 8.87. The van der Waals surface area contributed by atoms with Crippen LogP contribution in [-0.4, -0.2) is 29.8 Å². The highest BCUT2D eigenvalue weighted by Gasteiger charge is 2.27. The molecule has 2 aromatic rings. The van der Waals surface area contributed by atoms with Crippen LogP contribution in [0.1, 0.15) is 24.5 Å². The molecule has 0 radical (unpaired) electrons. The Labute approximate surface area is 143 Å². The zero-order valence-electron chi connectivity index (χ0n) is 14.2. The molecule has 0 spiro atoms. The number of hydrogen-bond donors (Lipinski definition) is 1. The maximum Gasteiger partial charge on any atom is 0.242 e. The van der Waals surface area contributed by atoms with Crippen molar-refractivity contribution in [3.8, 4) is 0 Å². The van der Waals surface area contributed by atoms with Gasteiger partial charge in [0.25, 0.3) is 0 Å². The summed E-state index contributed by atoms with van der Waals surface area (Å²) in [6.07, 6.45) is 0.869. The van der Waals surface area contributed by atoms with Gasteiger partial charge < -0.3 is 10.2 Å². The topological polar surface area (TPSA) is 49.4 Å². The molecule has 24 heavy (non-hydrogen) atoms. The molecule has 4 nitrogen and oxygen atoms in total. The Hall–Kier alpha value is -2.62. The number of nitrogens with one attached hydrogen (secondary N) is 1. The van der Waals surface area contributed by atoms with Gasteiger partial charge in [-0.3, -0.25) is 9.59 Å². The largest absolute Gasteiger partial charge is 0.357 e. The van der Waals surface area contributed by atoms with Crippen molar-refractivity contribution in [2.45, 2.75) is 32.4 Å². The molecule has 126 valence electrons. The molecular formula is C20H24N2O2. The lowest BCUT2D eigenvalue weighted by molar-refractivity contribution is -0.140. The number of likely N-dealkylation sites (N-methyl/N-ethyl adjacent to an activating group) is 1. The van der Waals surface area contributed by atoms with Crippen LogP contribution in [0, 0.1) is 0 Å². The summed E-state index contributed by atoms with van der Waals surface area (Å²) in [7, 11) is 1.60. The van der Waals surface area contributed by atoms with Crippen molar-refractivity contribution < 1.29 is 9.59 Å². The lowest BCUT2D eigenvalue weighted by Crippen LogP contribution is -2.48. The minimum Gasteiger partial charge on any atom is -0.357 e. The molecule has 0 saturated heterocycles. The molecule has 1 atom stereocenters. The van der Waals surface area contributed by atoms with Crippen LogP contribution in [0.5, 0.6) is 0 Å². The molecule has 0 unspecified atom stereocenters. The second-order valence-corrected chi connectivity index (χ2v) is 5.71. The van der Waals surface area contributed by atoms with Crippen LogP contribution in [0.15, 0.2) is 60.7 Å². The Morgan fingerprint density at radius 3 is 2.00 bits per heavy atom. The van der Waals surface area contributed by atoms with Crippen LogP contribution < -0.4 is 5.32 Å². The van der Waals surface area contributed by atoms with Crippen molar-refractivity contribution in [2.75, 3.05) is 7.05 Å². The van der Waals surface area contributed by atoms with Crippen LogP contribution in [0.4, 0.5) is 0 Å². The SMILES string of the molecule is CC[C@H](C(=O)NC)N(Cc1ccccc1)C(=O)Cc1ccccc1. The lowest BCUT2D eigenvalue weighted by atomic mass is 10.1. The highest BCUT2D eigenvalue weighted by molar-refractivity contribution is 5.88. The van der Waals surface area contributed by atoms with E-state index in [1.54, 1.807) is 11.9 Å². The molecule has 2 rings (SSSR count).